The molecule has 1 amide bonds. The van der Waals surface area contributed by atoms with Crippen LogP contribution in [0.4, 0.5) is 5.82 Å². The average molecular weight is 359 g/mol. The Morgan fingerprint density at radius 3 is 2.81 bits per heavy atom. The second-order valence-electron chi connectivity index (χ2n) is 7.48. The number of rotatable bonds is 6. The quantitative estimate of drug-likeness (QED) is 0.807. The zero-order chi connectivity index (χ0) is 18.7. The smallest absolute Gasteiger partial charge is 0.242 e. The fraction of sp³-hybridized carbons (Fsp3) is 0.611. The minimum Gasteiger partial charge on any atom is -0.384 e. The van der Waals surface area contributed by atoms with Crippen molar-refractivity contribution in [2.45, 2.75) is 53.4 Å². The van der Waals surface area contributed by atoms with Crippen molar-refractivity contribution < 1.29 is 4.79 Å². The van der Waals surface area contributed by atoms with Crippen LogP contribution in [0, 0.1) is 12.8 Å². The van der Waals surface area contributed by atoms with Crippen molar-refractivity contribution in [1.29, 1.82) is 0 Å². The number of anilines is 1. The third-order valence-corrected chi connectivity index (χ3v) is 4.46. The first kappa shape index (κ1) is 18.4. The van der Waals surface area contributed by atoms with Gasteiger partial charge in [0.1, 0.15) is 12.4 Å². The first-order chi connectivity index (χ1) is 12.4. The fourth-order valence-corrected chi connectivity index (χ4v) is 3.42. The summed E-state index contributed by atoms with van der Waals surface area (Å²) in [5, 5.41) is 11.8. The molecule has 0 aliphatic carbocycles. The van der Waals surface area contributed by atoms with Crippen LogP contribution >= 0.6 is 0 Å². The number of hydrogen-bond donors (Lipinski definition) is 2. The highest BCUT2D eigenvalue weighted by Gasteiger charge is 2.17. The number of aromatic nitrogens is 4. The summed E-state index contributed by atoms with van der Waals surface area (Å²) >= 11 is 0. The molecular formula is C18H29N7O. The minimum atomic E-state index is -0.121. The number of carbonyl (C=O) groups is 1. The van der Waals surface area contributed by atoms with E-state index < -0.39 is 0 Å². The molecule has 1 aliphatic rings. The van der Waals surface area contributed by atoms with E-state index in [1.165, 1.54) is 10.4 Å². The first-order valence-electron chi connectivity index (χ1n) is 9.25. The van der Waals surface area contributed by atoms with Crippen molar-refractivity contribution in [1.82, 2.24) is 29.8 Å². The highest BCUT2D eigenvalue weighted by Crippen LogP contribution is 2.15. The molecule has 26 heavy (non-hydrogen) atoms. The average Bonchev–Trinajstić information content (AvgIpc) is 3.01. The number of amides is 1. The summed E-state index contributed by atoms with van der Waals surface area (Å²) in [5.41, 5.74) is 8.74. The molecule has 142 valence electrons. The van der Waals surface area contributed by atoms with Gasteiger partial charge in [-0.3, -0.25) is 14.4 Å². The lowest BCUT2D eigenvalue weighted by atomic mass is 10.2. The Bertz CT molecular complexity index is 762. The first-order valence-corrected chi connectivity index (χ1v) is 9.25. The lowest BCUT2D eigenvalue weighted by Gasteiger charge is -2.21. The maximum atomic E-state index is 12.1. The van der Waals surface area contributed by atoms with E-state index in [1.807, 2.05) is 6.92 Å². The molecule has 0 saturated heterocycles. The Labute approximate surface area is 154 Å². The van der Waals surface area contributed by atoms with E-state index in [0.717, 1.165) is 44.0 Å². The molecule has 2 aromatic heterocycles. The second-order valence-corrected chi connectivity index (χ2v) is 7.48. The Kier molecular flexibility index (Phi) is 5.61. The maximum Gasteiger partial charge on any atom is 0.242 e. The van der Waals surface area contributed by atoms with Gasteiger partial charge in [-0.25, -0.2) is 4.68 Å². The van der Waals surface area contributed by atoms with E-state index in [1.54, 1.807) is 6.07 Å². The summed E-state index contributed by atoms with van der Waals surface area (Å²) in [7, 11) is 0. The van der Waals surface area contributed by atoms with Crippen LogP contribution in [0.5, 0.6) is 0 Å². The van der Waals surface area contributed by atoms with Crippen LogP contribution in [0.25, 0.3) is 0 Å². The number of carbonyl (C=O) groups excluding carboxylic acids is 1. The van der Waals surface area contributed by atoms with Crippen molar-refractivity contribution in [3.05, 3.63) is 29.2 Å². The Hall–Kier alpha value is -2.35. The number of nitrogens with two attached hydrogens (primary N) is 1. The number of nitrogens with zero attached hydrogens (tertiary/aromatic N) is 5. The Morgan fingerprint density at radius 2 is 2.12 bits per heavy atom. The van der Waals surface area contributed by atoms with Crippen LogP contribution in [0.2, 0.25) is 0 Å². The molecule has 0 atom stereocenters. The number of hydrogen-bond acceptors (Lipinski definition) is 5. The standard InChI is InChI=1S/C18H29N7O/c1-13(2)10-23-5-4-6-24-16(11-23)8-15(22-24)9-20-18(26)12-25-17(19)7-14(3)21-25/h7-8,13H,4-6,9-12,19H2,1-3H3,(H,20,26). The largest absolute Gasteiger partial charge is 0.384 e. The molecule has 0 fully saturated rings. The molecule has 8 heteroatoms. The molecule has 0 bridgehead atoms. The van der Waals surface area contributed by atoms with Crippen LogP contribution in [0.1, 0.15) is 37.4 Å². The zero-order valence-electron chi connectivity index (χ0n) is 15.9. The molecule has 0 spiro atoms. The number of nitrogen functional groups attached to an aromatic ring is 1. The van der Waals surface area contributed by atoms with Crippen LogP contribution in [0.3, 0.4) is 0 Å². The van der Waals surface area contributed by atoms with Gasteiger partial charge in [-0.15, -0.1) is 0 Å². The van der Waals surface area contributed by atoms with Crippen molar-refractivity contribution >= 4 is 11.7 Å². The molecular weight excluding hydrogens is 330 g/mol. The predicted molar refractivity (Wildman–Crippen MR) is 100 cm³/mol. The Morgan fingerprint density at radius 1 is 1.31 bits per heavy atom. The molecule has 8 nitrogen and oxygen atoms in total. The number of aryl methyl sites for hydroxylation is 2. The van der Waals surface area contributed by atoms with Crippen molar-refractivity contribution in [3.63, 3.8) is 0 Å². The van der Waals surface area contributed by atoms with Crippen LogP contribution in [0.15, 0.2) is 12.1 Å². The van der Waals surface area contributed by atoms with Crippen LogP contribution in [-0.2, 0) is 31.0 Å². The lowest BCUT2D eigenvalue weighted by molar-refractivity contribution is -0.122. The van der Waals surface area contributed by atoms with E-state index in [0.29, 0.717) is 18.3 Å². The van der Waals surface area contributed by atoms with Crippen molar-refractivity contribution in [2.75, 3.05) is 18.8 Å². The van der Waals surface area contributed by atoms with Crippen molar-refractivity contribution in [2.24, 2.45) is 5.92 Å². The van der Waals surface area contributed by atoms with Gasteiger partial charge in [0, 0.05) is 32.2 Å². The third kappa shape index (κ3) is 4.63. The highest BCUT2D eigenvalue weighted by molar-refractivity contribution is 5.76. The van der Waals surface area contributed by atoms with Gasteiger partial charge in [0.15, 0.2) is 0 Å². The van der Waals surface area contributed by atoms with E-state index in [2.05, 4.69) is 45.0 Å². The Balaban J connectivity index is 1.56. The summed E-state index contributed by atoms with van der Waals surface area (Å²) in [6.45, 7) is 10.9. The predicted octanol–water partition coefficient (Wildman–Crippen LogP) is 1.15. The molecule has 0 aromatic carbocycles. The van der Waals surface area contributed by atoms with E-state index >= 15 is 0 Å². The third-order valence-electron chi connectivity index (χ3n) is 4.46. The lowest BCUT2D eigenvalue weighted by Crippen LogP contribution is -2.28. The van der Waals surface area contributed by atoms with Crippen molar-refractivity contribution in [3.8, 4) is 0 Å². The van der Waals surface area contributed by atoms with E-state index in [4.69, 9.17) is 5.73 Å². The SMILES string of the molecule is Cc1cc(N)n(CC(=O)NCc2cc3n(n2)CCCN(CC(C)C)C3)n1. The van der Waals surface area contributed by atoms with Gasteiger partial charge in [0.25, 0.3) is 0 Å². The molecule has 0 unspecified atom stereocenters. The van der Waals surface area contributed by atoms with Gasteiger partial charge in [-0.1, -0.05) is 13.8 Å². The molecule has 3 rings (SSSR count). The van der Waals surface area contributed by atoms with Crippen LogP contribution in [-0.4, -0.2) is 43.5 Å². The van der Waals surface area contributed by atoms with Gasteiger partial charge in [-0.2, -0.15) is 10.2 Å². The topological polar surface area (TPSA) is 94.0 Å². The summed E-state index contributed by atoms with van der Waals surface area (Å²) in [5.74, 6) is 1.03. The minimum absolute atomic E-state index is 0.120. The molecule has 3 N–H and O–H groups in total. The summed E-state index contributed by atoms with van der Waals surface area (Å²) in [6.07, 6.45) is 1.10. The monoisotopic (exact) mass is 359 g/mol. The zero-order valence-corrected chi connectivity index (χ0v) is 15.9. The molecule has 1 aliphatic heterocycles. The van der Waals surface area contributed by atoms with E-state index in [-0.39, 0.29) is 12.5 Å². The number of nitrogens with one attached hydrogen (secondary N) is 1. The van der Waals surface area contributed by atoms with Gasteiger partial charge in [0.2, 0.25) is 5.91 Å². The molecule has 3 heterocycles. The van der Waals surface area contributed by atoms with Gasteiger partial charge >= 0.3 is 0 Å². The number of fused-ring (bicyclic) bond motifs is 1. The van der Waals surface area contributed by atoms with Crippen LogP contribution < -0.4 is 11.1 Å². The van der Waals surface area contributed by atoms with Gasteiger partial charge < -0.3 is 11.1 Å². The highest BCUT2D eigenvalue weighted by atomic mass is 16.2. The maximum absolute atomic E-state index is 12.1. The summed E-state index contributed by atoms with van der Waals surface area (Å²) < 4.78 is 3.59. The van der Waals surface area contributed by atoms with Gasteiger partial charge in [0.05, 0.1) is 23.6 Å². The molecule has 0 saturated carbocycles. The summed E-state index contributed by atoms with van der Waals surface area (Å²) in [6, 6.07) is 3.86. The summed E-state index contributed by atoms with van der Waals surface area (Å²) in [4.78, 5) is 14.6. The fourth-order valence-electron chi connectivity index (χ4n) is 3.42. The van der Waals surface area contributed by atoms with Gasteiger partial charge in [-0.05, 0) is 25.3 Å². The molecule has 2 aromatic rings. The normalized spacial score (nSPS) is 15.1. The molecule has 0 radical (unpaired) electrons. The van der Waals surface area contributed by atoms with E-state index in [9.17, 15) is 4.79 Å². The second kappa shape index (κ2) is 7.90.